The van der Waals surface area contributed by atoms with E-state index in [1.807, 2.05) is 78.9 Å². The summed E-state index contributed by atoms with van der Waals surface area (Å²) < 4.78 is 5.48. The molecule has 0 heterocycles. The summed E-state index contributed by atoms with van der Waals surface area (Å²) in [5.74, 6) is -0.558. The molecule has 0 aliphatic heterocycles. The van der Waals surface area contributed by atoms with E-state index in [4.69, 9.17) is 9.84 Å². The van der Waals surface area contributed by atoms with E-state index < -0.39 is 5.97 Å². The molecule has 0 spiro atoms. The first-order valence-corrected chi connectivity index (χ1v) is 11.0. The number of carbonyl (C=O) groups is 2. The van der Waals surface area contributed by atoms with Crippen LogP contribution in [0, 0.1) is 0 Å². The quantitative estimate of drug-likeness (QED) is 0.379. The zero-order valence-corrected chi connectivity index (χ0v) is 18.2. The number of carboxylic acids is 1. The van der Waals surface area contributed by atoms with Crippen molar-refractivity contribution in [2.45, 2.75) is 25.2 Å². The van der Waals surface area contributed by atoms with Crippen LogP contribution in [0.2, 0.25) is 0 Å². The zero-order chi connectivity index (χ0) is 23.0. The maximum atomic E-state index is 12.9. The minimum absolute atomic E-state index is 0.0646. The lowest BCUT2D eigenvalue weighted by molar-refractivity contribution is -0.139. The standard InChI is InChI=1S/C27H26N2O4/c30-26(28-29(21-10-3-1-4-11-21)22-12-5-2-6-13-22)18-17-20-9-7-15-24-23(20)14-8-16-25(24)33-19-27(31)32/h1-6,8,10-14,16-18,20H,7,9,15,19H2,(H,28,30)(H,31,32)/b18-17+. The van der Waals surface area contributed by atoms with Crippen LogP contribution in [-0.2, 0) is 16.0 Å². The highest BCUT2D eigenvalue weighted by molar-refractivity contribution is 5.90. The number of allylic oxidation sites excluding steroid dienone is 1. The number of nitrogens with one attached hydrogen (secondary N) is 1. The molecule has 0 saturated carbocycles. The van der Waals surface area contributed by atoms with Gasteiger partial charge >= 0.3 is 5.97 Å². The third-order valence-electron chi connectivity index (χ3n) is 5.59. The van der Waals surface area contributed by atoms with E-state index in [1.54, 1.807) is 17.2 Å². The first kappa shape index (κ1) is 22.1. The molecule has 1 unspecified atom stereocenters. The summed E-state index contributed by atoms with van der Waals surface area (Å²) in [6.45, 7) is -0.367. The number of anilines is 2. The first-order chi connectivity index (χ1) is 16.1. The Bertz CT molecular complexity index is 1090. The number of fused-ring (bicyclic) bond motifs is 1. The molecule has 1 atom stereocenters. The van der Waals surface area contributed by atoms with E-state index in [-0.39, 0.29) is 18.4 Å². The van der Waals surface area contributed by atoms with Crippen LogP contribution in [0.5, 0.6) is 5.75 Å². The topological polar surface area (TPSA) is 78.9 Å². The fraction of sp³-hybridized carbons (Fsp3) is 0.185. The van der Waals surface area contributed by atoms with Gasteiger partial charge in [0, 0.05) is 12.0 Å². The normalized spacial score (nSPS) is 15.0. The summed E-state index contributed by atoms with van der Waals surface area (Å²) in [6.07, 6.45) is 6.18. The molecule has 0 radical (unpaired) electrons. The maximum absolute atomic E-state index is 12.9. The number of hydrazine groups is 1. The minimum Gasteiger partial charge on any atom is -0.482 e. The number of amides is 1. The largest absolute Gasteiger partial charge is 0.482 e. The molecule has 2 N–H and O–H groups in total. The van der Waals surface area contributed by atoms with Gasteiger partial charge in [-0.15, -0.1) is 0 Å². The second-order valence-electron chi connectivity index (χ2n) is 7.85. The van der Waals surface area contributed by atoms with Gasteiger partial charge in [0.25, 0.3) is 5.91 Å². The van der Waals surface area contributed by atoms with E-state index in [0.29, 0.717) is 5.75 Å². The second kappa shape index (κ2) is 10.5. The van der Waals surface area contributed by atoms with E-state index >= 15 is 0 Å². The SMILES string of the molecule is O=C(O)COc1cccc2c1CCCC2/C=C/C(=O)NN(c1ccccc1)c1ccccc1. The van der Waals surface area contributed by atoms with E-state index in [1.165, 1.54) is 0 Å². The average Bonchev–Trinajstić information content (AvgIpc) is 2.85. The molecular formula is C27H26N2O4. The first-order valence-electron chi connectivity index (χ1n) is 11.0. The van der Waals surface area contributed by atoms with Gasteiger partial charge in [0.1, 0.15) is 5.75 Å². The molecule has 6 nitrogen and oxygen atoms in total. The Hall–Kier alpha value is -4.06. The van der Waals surface area contributed by atoms with Gasteiger partial charge in [-0.25, -0.2) is 4.79 Å². The number of rotatable bonds is 8. The summed E-state index contributed by atoms with van der Waals surface area (Å²) in [7, 11) is 0. The lowest BCUT2D eigenvalue weighted by Crippen LogP contribution is -2.37. The third kappa shape index (κ3) is 5.60. The number of aliphatic carboxylic acids is 1. The number of ether oxygens (including phenoxy) is 1. The van der Waals surface area contributed by atoms with Crippen molar-refractivity contribution < 1.29 is 19.4 Å². The summed E-state index contributed by atoms with van der Waals surface area (Å²) >= 11 is 0. The number of para-hydroxylation sites is 2. The molecule has 0 fully saturated rings. The van der Waals surface area contributed by atoms with Crippen LogP contribution in [0.15, 0.2) is 91.0 Å². The molecule has 3 aromatic rings. The van der Waals surface area contributed by atoms with Crippen LogP contribution < -0.4 is 15.2 Å². The smallest absolute Gasteiger partial charge is 0.341 e. The Balaban J connectivity index is 1.51. The summed E-state index contributed by atoms with van der Waals surface area (Å²) in [6, 6.07) is 25.0. The van der Waals surface area contributed by atoms with Crippen molar-refractivity contribution in [3.8, 4) is 5.75 Å². The van der Waals surface area contributed by atoms with Crippen LogP contribution in [0.3, 0.4) is 0 Å². The van der Waals surface area contributed by atoms with E-state index in [9.17, 15) is 9.59 Å². The molecule has 4 rings (SSSR count). The Morgan fingerprint density at radius 2 is 1.64 bits per heavy atom. The molecule has 0 aromatic heterocycles. The Kier molecular flexibility index (Phi) is 7.05. The van der Waals surface area contributed by atoms with Gasteiger partial charge in [-0.05, 0) is 60.7 Å². The van der Waals surface area contributed by atoms with Gasteiger partial charge in [-0.1, -0.05) is 54.6 Å². The average molecular weight is 443 g/mol. The second-order valence-corrected chi connectivity index (χ2v) is 7.85. The van der Waals surface area contributed by atoms with Crippen molar-refractivity contribution in [1.82, 2.24) is 5.43 Å². The number of hydrogen-bond donors (Lipinski definition) is 2. The molecule has 168 valence electrons. The van der Waals surface area contributed by atoms with Crippen molar-refractivity contribution in [2.75, 3.05) is 11.6 Å². The Labute approximate surface area is 193 Å². The Morgan fingerprint density at radius 3 is 2.27 bits per heavy atom. The van der Waals surface area contributed by atoms with Crippen molar-refractivity contribution in [1.29, 1.82) is 0 Å². The molecule has 1 amide bonds. The van der Waals surface area contributed by atoms with Crippen LogP contribution in [0.4, 0.5) is 11.4 Å². The fourth-order valence-electron chi connectivity index (χ4n) is 4.11. The highest BCUT2D eigenvalue weighted by Gasteiger charge is 2.22. The summed E-state index contributed by atoms with van der Waals surface area (Å²) in [5, 5.41) is 10.7. The summed E-state index contributed by atoms with van der Waals surface area (Å²) in [4.78, 5) is 23.8. The molecule has 6 heteroatoms. The minimum atomic E-state index is -1.00. The van der Waals surface area contributed by atoms with Crippen molar-refractivity contribution in [2.24, 2.45) is 0 Å². The highest BCUT2D eigenvalue weighted by atomic mass is 16.5. The van der Waals surface area contributed by atoms with Crippen molar-refractivity contribution >= 4 is 23.3 Å². The number of hydrogen-bond acceptors (Lipinski definition) is 4. The van der Waals surface area contributed by atoms with Crippen molar-refractivity contribution in [3.63, 3.8) is 0 Å². The number of carbonyl (C=O) groups excluding carboxylic acids is 1. The van der Waals surface area contributed by atoms with Gasteiger partial charge in [0.2, 0.25) is 0 Å². The monoisotopic (exact) mass is 442 g/mol. The Morgan fingerprint density at radius 1 is 0.970 bits per heavy atom. The van der Waals surface area contributed by atoms with Crippen LogP contribution >= 0.6 is 0 Å². The third-order valence-corrected chi connectivity index (χ3v) is 5.59. The highest BCUT2D eigenvalue weighted by Crippen LogP contribution is 2.37. The van der Waals surface area contributed by atoms with Crippen molar-refractivity contribution in [3.05, 3.63) is 102 Å². The predicted octanol–water partition coefficient (Wildman–Crippen LogP) is 5.00. The van der Waals surface area contributed by atoms with Crippen LogP contribution in [0.25, 0.3) is 0 Å². The number of carboxylic acid groups (broad SMARTS) is 1. The van der Waals surface area contributed by atoms with Gasteiger partial charge in [0.05, 0.1) is 11.4 Å². The summed E-state index contributed by atoms with van der Waals surface area (Å²) in [5.41, 5.74) is 6.79. The fourth-order valence-corrected chi connectivity index (χ4v) is 4.11. The van der Waals surface area contributed by atoms with E-state index in [2.05, 4.69) is 5.43 Å². The van der Waals surface area contributed by atoms with Crippen LogP contribution in [-0.4, -0.2) is 23.6 Å². The molecule has 1 aliphatic carbocycles. The van der Waals surface area contributed by atoms with Gasteiger partial charge < -0.3 is 9.84 Å². The lowest BCUT2D eigenvalue weighted by Gasteiger charge is -2.26. The van der Waals surface area contributed by atoms with E-state index in [0.717, 1.165) is 41.8 Å². The lowest BCUT2D eigenvalue weighted by atomic mass is 9.82. The molecule has 0 saturated heterocycles. The zero-order valence-electron chi connectivity index (χ0n) is 18.2. The van der Waals surface area contributed by atoms with Gasteiger partial charge in [-0.3, -0.25) is 15.2 Å². The molecule has 3 aromatic carbocycles. The maximum Gasteiger partial charge on any atom is 0.341 e. The van der Waals surface area contributed by atoms with Gasteiger partial charge in [-0.2, -0.15) is 0 Å². The number of nitrogens with zero attached hydrogens (tertiary/aromatic N) is 1. The van der Waals surface area contributed by atoms with Gasteiger partial charge in [0.15, 0.2) is 6.61 Å². The number of benzene rings is 3. The molecule has 0 bridgehead atoms. The van der Waals surface area contributed by atoms with Crippen LogP contribution in [0.1, 0.15) is 29.9 Å². The molecular weight excluding hydrogens is 416 g/mol. The predicted molar refractivity (Wildman–Crippen MR) is 128 cm³/mol. The molecule has 1 aliphatic rings. The molecule has 33 heavy (non-hydrogen) atoms.